The van der Waals surface area contributed by atoms with E-state index in [-0.39, 0.29) is 43.9 Å². The molecule has 4 bridgehead atoms. The number of amides is 3. The second-order valence-corrected chi connectivity index (χ2v) is 8.83. The van der Waals surface area contributed by atoms with Crippen molar-refractivity contribution in [1.82, 2.24) is 16.0 Å². The molecule has 3 amide bonds. The molecule has 1 aliphatic heterocycles. The lowest BCUT2D eigenvalue weighted by Gasteiger charge is -2.24. The van der Waals surface area contributed by atoms with Crippen LogP contribution in [0.25, 0.3) is 11.1 Å². The molecule has 1 heterocycles. The zero-order valence-corrected chi connectivity index (χ0v) is 20.0. The highest BCUT2D eigenvalue weighted by Crippen LogP contribution is 2.30. The highest BCUT2D eigenvalue weighted by Gasteiger charge is 2.29. The fourth-order valence-electron chi connectivity index (χ4n) is 4.08. The minimum absolute atomic E-state index is 0.0101. The van der Waals surface area contributed by atoms with E-state index in [9.17, 15) is 24.6 Å². The Morgan fingerprint density at radius 1 is 0.917 bits per heavy atom. The topological polar surface area (TPSA) is 206 Å². The summed E-state index contributed by atoms with van der Waals surface area (Å²) in [4.78, 5) is 39.0. The van der Waals surface area contributed by atoms with Crippen LogP contribution in [0.2, 0.25) is 0 Å². The van der Waals surface area contributed by atoms with Gasteiger partial charge in [0, 0.05) is 25.9 Å². The largest absolute Gasteiger partial charge is 0.508 e. The van der Waals surface area contributed by atoms with Gasteiger partial charge in [-0.2, -0.15) is 0 Å². The quantitative estimate of drug-likeness (QED) is 0.247. The standard InChI is InChI=1S/C25H34N6O5/c26-7-1-2-19-25(36)31-20(24(35)29-9-8-27)13-17-11-15(4-6-22(17)33)14-3-5-21(32)16(10-14)12-18(28)23(34)30-19/h3-6,10-11,18-20,32-33H,1-2,7-9,12-13,26-28H2,(H,29,35)(H,30,34)(H,31,36)/t18-,19+,20+/m0/s1. The molecule has 1 aliphatic rings. The minimum Gasteiger partial charge on any atom is -0.508 e. The van der Waals surface area contributed by atoms with Crippen LogP contribution in [0.4, 0.5) is 0 Å². The molecule has 0 saturated carbocycles. The monoisotopic (exact) mass is 498 g/mol. The normalized spacial score (nSPS) is 20.5. The fourth-order valence-corrected chi connectivity index (χ4v) is 4.08. The molecular weight excluding hydrogens is 464 g/mol. The molecular formula is C25H34N6O5. The molecule has 11 N–H and O–H groups in total. The van der Waals surface area contributed by atoms with Gasteiger partial charge in [-0.15, -0.1) is 0 Å². The summed E-state index contributed by atoms with van der Waals surface area (Å²) in [7, 11) is 0. The van der Waals surface area contributed by atoms with Crippen LogP contribution < -0.4 is 33.2 Å². The Morgan fingerprint density at radius 2 is 1.53 bits per heavy atom. The van der Waals surface area contributed by atoms with E-state index < -0.39 is 35.8 Å². The second kappa shape index (κ2) is 12.3. The predicted molar refractivity (Wildman–Crippen MR) is 135 cm³/mol. The lowest BCUT2D eigenvalue weighted by atomic mass is 9.95. The van der Waals surface area contributed by atoms with Gasteiger partial charge >= 0.3 is 0 Å². The maximum absolute atomic E-state index is 13.2. The molecule has 3 atom stereocenters. The van der Waals surface area contributed by atoms with Crippen molar-refractivity contribution in [3.63, 3.8) is 0 Å². The molecule has 0 aliphatic carbocycles. The minimum atomic E-state index is -1.04. The number of fused-ring (bicyclic) bond motifs is 5. The van der Waals surface area contributed by atoms with Crippen molar-refractivity contribution in [2.45, 2.75) is 43.8 Å². The van der Waals surface area contributed by atoms with Crippen molar-refractivity contribution in [3.05, 3.63) is 47.5 Å². The molecule has 194 valence electrons. The lowest BCUT2D eigenvalue weighted by molar-refractivity contribution is -0.132. The van der Waals surface area contributed by atoms with Crippen LogP contribution in [-0.2, 0) is 27.2 Å². The van der Waals surface area contributed by atoms with E-state index in [4.69, 9.17) is 17.2 Å². The van der Waals surface area contributed by atoms with Crippen LogP contribution in [0.1, 0.15) is 24.0 Å². The second-order valence-electron chi connectivity index (χ2n) is 8.83. The van der Waals surface area contributed by atoms with E-state index in [1.54, 1.807) is 24.3 Å². The molecule has 0 radical (unpaired) electrons. The zero-order chi connectivity index (χ0) is 26.2. The first-order valence-corrected chi connectivity index (χ1v) is 11.9. The van der Waals surface area contributed by atoms with Crippen LogP contribution >= 0.6 is 0 Å². The molecule has 3 rings (SSSR count). The number of phenols is 2. The van der Waals surface area contributed by atoms with Gasteiger partial charge in [0.25, 0.3) is 0 Å². The molecule has 36 heavy (non-hydrogen) atoms. The number of benzene rings is 2. The average molecular weight is 499 g/mol. The number of carbonyl (C=O) groups is 3. The summed E-state index contributed by atoms with van der Waals surface area (Å²) in [6, 6.07) is 6.79. The molecule has 0 saturated heterocycles. The van der Waals surface area contributed by atoms with Crippen LogP contribution in [0.5, 0.6) is 11.5 Å². The molecule has 2 aromatic rings. The summed E-state index contributed by atoms with van der Waals surface area (Å²) in [5.74, 6) is -1.68. The van der Waals surface area contributed by atoms with Gasteiger partial charge in [-0.3, -0.25) is 14.4 Å². The molecule has 0 aromatic heterocycles. The smallest absolute Gasteiger partial charge is 0.243 e. The number of nitrogens with two attached hydrogens (primary N) is 3. The van der Waals surface area contributed by atoms with Crippen LogP contribution in [-0.4, -0.2) is 65.7 Å². The number of carbonyl (C=O) groups excluding carboxylic acids is 3. The third kappa shape index (κ3) is 6.72. The number of aromatic hydroxyl groups is 2. The van der Waals surface area contributed by atoms with E-state index >= 15 is 0 Å². The number of hydrogen-bond donors (Lipinski definition) is 8. The number of phenolic OH excluding ortho intramolecular Hbond substituents is 2. The first kappa shape index (κ1) is 26.9. The lowest BCUT2D eigenvalue weighted by Crippen LogP contribution is -2.56. The van der Waals surface area contributed by atoms with Crippen LogP contribution in [0.3, 0.4) is 0 Å². The molecule has 0 unspecified atom stereocenters. The zero-order valence-electron chi connectivity index (χ0n) is 20.0. The van der Waals surface area contributed by atoms with Gasteiger partial charge in [-0.25, -0.2) is 0 Å². The first-order chi connectivity index (χ1) is 17.2. The molecule has 11 heteroatoms. The van der Waals surface area contributed by atoms with Gasteiger partial charge in [0.15, 0.2) is 0 Å². The maximum atomic E-state index is 13.2. The predicted octanol–water partition coefficient (Wildman–Crippen LogP) is -1.03. The number of nitrogens with one attached hydrogen (secondary N) is 3. The van der Waals surface area contributed by atoms with Crippen LogP contribution in [0.15, 0.2) is 36.4 Å². The Morgan fingerprint density at radius 3 is 2.11 bits per heavy atom. The van der Waals surface area contributed by atoms with E-state index in [0.29, 0.717) is 29.7 Å². The summed E-state index contributed by atoms with van der Waals surface area (Å²) in [5, 5.41) is 28.9. The summed E-state index contributed by atoms with van der Waals surface area (Å²) in [6.07, 6.45) is 0.707. The SMILES string of the molecule is NCCC[C@H]1NC(=O)[C@@H](N)Cc2cc(ccc2O)-c2ccc(O)c(c2)C[C@H](C(=O)NCCN)NC1=O. The van der Waals surface area contributed by atoms with Crippen LogP contribution in [0, 0.1) is 0 Å². The summed E-state index contributed by atoms with van der Waals surface area (Å²) in [5.41, 5.74) is 19.6. The van der Waals surface area contributed by atoms with Gasteiger partial charge < -0.3 is 43.4 Å². The van der Waals surface area contributed by atoms with Crippen molar-refractivity contribution in [2.75, 3.05) is 19.6 Å². The Labute approximate surface area is 209 Å². The maximum Gasteiger partial charge on any atom is 0.243 e. The Hall–Kier alpha value is -3.67. The van der Waals surface area contributed by atoms with E-state index in [0.717, 1.165) is 5.56 Å². The number of hydrogen-bond acceptors (Lipinski definition) is 8. The fraction of sp³-hybridized carbons (Fsp3) is 0.400. The van der Waals surface area contributed by atoms with E-state index in [2.05, 4.69) is 16.0 Å². The van der Waals surface area contributed by atoms with Gasteiger partial charge in [-0.05, 0) is 65.9 Å². The van der Waals surface area contributed by atoms with Crippen molar-refractivity contribution in [3.8, 4) is 22.6 Å². The van der Waals surface area contributed by atoms with Gasteiger partial charge in [-0.1, -0.05) is 12.1 Å². The number of rotatable bonds is 6. The van der Waals surface area contributed by atoms with Gasteiger partial charge in [0.1, 0.15) is 23.6 Å². The van der Waals surface area contributed by atoms with Crippen molar-refractivity contribution >= 4 is 17.7 Å². The van der Waals surface area contributed by atoms with Crippen molar-refractivity contribution < 1.29 is 24.6 Å². The first-order valence-electron chi connectivity index (χ1n) is 11.9. The summed E-state index contributed by atoms with van der Waals surface area (Å²) >= 11 is 0. The highest BCUT2D eigenvalue weighted by atomic mass is 16.3. The molecule has 0 spiro atoms. The van der Waals surface area contributed by atoms with Gasteiger partial charge in [0.05, 0.1) is 6.04 Å². The Bertz CT molecular complexity index is 1110. The van der Waals surface area contributed by atoms with E-state index in [1.165, 1.54) is 12.1 Å². The average Bonchev–Trinajstić information content (AvgIpc) is 2.86. The molecule has 2 aromatic carbocycles. The third-order valence-corrected chi connectivity index (χ3v) is 6.10. The Balaban J connectivity index is 2.08. The highest BCUT2D eigenvalue weighted by molar-refractivity contribution is 5.93. The molecule has 11 nitrogen and oxygen atoms in total. The van der Waals surface area contributed by atoms with Gasteiger partial charge in [0.2, 0.25) is 17.7 Å². The molecule has 0 fully saturated rings. The van der Waals surface area contributed by atoms with Crippen molar-refractivity contribution in [1.29, 1.82) is 0 Å². The third-order valence-electron chi connectivity index (χ3n) is 6.10. The van der Waals surface area contributed by atoms with Crippen molar-refractivity contribution in [2.24, 2.45) is 17.2 Å². The van der Waals surface area contributed by atoms with E-state index in [1.807, 2.05) is 0 Å². The summed E-state index contributed by atoms with van der Waals surface area (Å²) < 4.78 is 0. The summed E-state index contributed by atoms with van der Waals surface area (Å²) in [6.45, 7) is 0.715. The Kier molecular flexibility index (Phi) is 9.23.